The Bertz CT molecular complexity index is 1780. The Morgan fingerprint density at radius 1 is 0.623 bits per heavy atom. The molecule has 1 aliphatic rings. The topological polar surface area (TPSA) is 111 Å². The molecule has 0 saturated carbocycles. The van der Waals surface area contributed by atoms with Gasteiger partial charge in [0.2, 0.25) is 0 Å². The largest absolute Gasteiger partial charge is 0.493 e. The van der Waals surface area contributed by atoms with Crippen molar-refractivity contribution in [3.8, 4) is 46.0 Å². The van der Waals surface area contributed by atoms with E-state index >= 15 is 0 Å². The predicted molar refractivity (Wildman–Crippen MR) is 197 cm³/mol. The van der Waals surface area contributed by atoms with E-state index in [-0.39, 0.29) is 25.4 Å². The summed E-state index contributed by atoms with van der Waals surface area (Å²) >= 11 is 0. The number of benzene rings is 4. The van der Waals surface area contributed by atoms with Gasteiger partial charge in [0, 0.05) is 13.0 Å². The SMILES string of the molecule is COCO[C@H](c1ccc(OC)c(OC)c1)[C@H](COc1ccc(C2OC(C)(C)OCC2c2ccc(OC)c(OC)c2)cc1OC)Oc1ccccc1OC. The van der Waals surface area contributed by atoms with E-state index in [1.807, 2.05) is 92.7 Å². The second kappa shape index (κ2) is 18.2. The fourth-order valence-corrected chi connectivity index (χ4v) is 6.26. The van der Waals surface area contributed by atoms with Crippen molar-refractivity contribution in [3.05, 3.63) is 95.6 Å². The maximum Gasteiger partial charge on any atom is 0.163 e. The molecule has 1 aliphatic heterocycles. The highest BCUT2D eigenvalue weighted by molar-refractivity contribution is 5.48. The van der Waals surface area contributed by atoms with E-state index in [1.165, 1.54) is 0 Å². The van der Waals surface area contributed by atoms with E-state index in [9.17, 15) is 0 Å². The minimum atomic E-state index is -0.815. The summed E-state index contributed by atoms with van der Waals surface area (Å²) in [5.41, 5.74) is 2.63. The number of rotatable bonds is 18. The Hall–Kier alpha value is -4.88. The molecule has 4 atom stereocenters. The van der Waals surface area contributed by atoms with Gasteiger partial charge in [-0.2, -0.15) is 0 Å². The molecule has 2 unspecified atom stereocenters. The van der Waals surface area contributed by atoms with Crippen molar-refractivity contribution in [3.63, 3.8) is 0 Å². The molecule has 1 fully saturated rings. The summed E-state index contributed by atoms with van der Waals surface area (Å²) in [6.45, 7) is 4.27. The lowest BCUT2D eigenvalue weighted by Gasteiger charge is -2.41. The Kier molecular flexibility index (Phi) is 13.5. The zero-order chi connectivity index (χ0) is 38.0. The predicted octanol–water partition coefficient (Wildman–Crippen LogP) is 7.53. The summed E-state index contributed by atoms with van der Waals surface area (Å²) in [6.07, 6.45) is -1.76. The van der Waals surface area contributed by atoms with E-state index in [4.69, 9.17) is 56.8 Å². The summed E-state index contributed by atoms with van der Waals surface area (Å²) in [7, 11) is 11.1. The summed E-state index contributed by atoms with van der Waals surface area (Å²) in [4.78, 5) is 0. The molecule has 0 bridgehead atoms. The molecule has 286 valence electrons. The monoisotopic (exact) mass is 734 g/mol. The molecule has 0 spiro atoms. The first-order valence-corrected chi connectivity index (χ1v) is 17.2. The quantitative estimate of drug-likeness (QED) is 0.0943. The maximum atomic E-state index is 6.62. The smallest absolute Gasteiger partial charge is 0.163 e. The van der Waals surface area contributed by atoms with Crippen LogP contribution in [-0.4, -0.2) is 81.7 Å². The molecule has 0 radical (unpaired) electrons. The van der Waals surface area contributed by atoms with Crippen LogP contribution in [0, 0.1) is 0 Å². The van der Waals surface area contributed by atoms with Gasteiger partial charge < -0.3 is 56.8 Å². The van der Waals surface area contributed by atoms with Crippen LogP contribution in [0.25, 0.3) is 0 Å². The van der Waals surface area contributed by atoms with Crippen molar-refractivity contribution in [2.45, 2.75) is 43.9 Å². The first-order valence-electron chi connectivity index (χ1n) is 17.2. The van der Waals surface area contributed by atoms with Gasteiger partial charge in [0.15, 0.2) is 57.9 Å². The number of ether oxygens (including phenoxy) is 12. The van der Waals surface area contributed by atoms with Crippen molar-refractivity contribution >= 4 is 0 Å². The van der Waals surface area contributed by atoms with Crippen LogP contribution in [0.3, 0.4) is 0 Å². The molecule has 53 heavy (non-hydrogen) atoms. The molecule has 4 aromatic rings. The molecular formula is C41H50O12. The molecule has 5 rings (SSSR count). The highest BCUT2D eigenvalue weighted by Crippen LogP contribution is 2.46. The van der Waals surface area contributed by atoms with E-state index in [0.717, 1.165) is 16.7 Å². The highest BCUT2D eigenvalue weighted by atomic mass is 16.7. The van der Waals surface area contributed by atoms with Gasteiger partial charge in [0.1, 0.15) is 19.5 Å². The minimum absolute atomic E-state index is 0.00843. The van der Waals surface area contributed by atoms with Gasteiger partial charge in [0.05, 0.1) is 55.4 Å². The number of para-hydroxylation sites is 2. The first kappa shape index (κ1) is 39.3. The van der Waals surface area contributed by atoms with Crippen molar-refractivity contribution in [1.29, 1.82) is 0 Å². The van der Waals surface area contributed by atoms with E-state index < -0.39 is 18.0 Å². The third kappa shape index (κ3) is 9.38. The van der Waals surface area contributed by atoms with Gasteiger partial charge in [-0.15, -0.1) is 0 Å². The molecule has 4 aromatic carbocycles. The van der Waals surface area contributed by atoms with E-state index in [1.54, 1.807) is 49.8 Å². The van der Waals surface area contributed by atoms with Crippen LogP contribution >= 0.6 is 0 Å². The van der Waals surface area contributed by atoms with Crippen molar-refractivity contribution < 1.29 is 56.8 Å². The van der Waals surface area contributed by atoms with Gasteiger partial charge >= 0.3 is 0 Å². The average molecular weight is 735 g/mol. The first-order chi connectivity index (χ1) is 25.7. The van der Waals surface area contributed by atoms with Gasteiger partial charge in [-0.1, -0.05) is 30.3 Å². The molecule has 0 aromatic heterocycles. The van der Waals surface area contributed by atoms with Crippen molar-refractivity contribution in [2.24, 2.45) is 0 Å². The van der Waals surface area contributed by atoms with Gasteiger partial charge in [0.25, 0.3) is 0 Å². The van der Waals surface area contributed by atoms with Crippen molar-refractivity contribution in [2.75, 3.05) is 69.8 Å². The molecule has 12 heteroatoms. The standard InChI is InChI=1S/C41H50O12/c1-41(2)51-23-29(26-14-17-31(44-5)35(20-26)46-7)39(53-41)27-16-19-33(37(21-27)48-9)49-24-38(52-34-13-11-10-12-30(34)43-4)40(50-25-42-3)28-15-18-32(45-6)36(22-28)47-8/h10-22,29,38-40H,23-25H2,1-9H3/t29?,38-,39?,40+/m0/s1. The molecule has 0 aliphatic carbocycles. The summed E-state index contributed by atoms with van der Waals surface area (Å²) in [5.74, 6) is 3.49. The molecule has 1 heterocycles. The zero-order valence-electron chi connectivity index (χ0n) is 31.8. The molecule has 1 saturated heterocycles. The number of hydrogen-bond donors (Lipinski definition) is 0. The average Bonchev–Trinajstić information content (AvgIpc) is 3.19. The van der Waals surface area contributed by atoms with Crippen LogP contribution in [0.2, 0.25) is 0 Å². The number of methoxy groups -OCH3 is 7. The molecule has 0 N–H and O–H groups in total. The summed E-state index contributed by atoms with van der Waals surface area (Å²) in [5, 5.41) is 0. The zero-order valence-corrected chi connectivity index (χ0v) is 31.8. The van der Waals surface area contributed by atoms with Gasteiger partial charge in [-0.05, 0) is 79.1 Å². The third-order valence-corrected chi connectivity index (χ3v) is 8.93. The lowest BCUT2D eigenvalue weighted by atomic mass is 9.88. The van der Waals surface area contributed by atoms with Crippen LogP contribution in [0.5, 0.6) is 46.0 Å². The lowest BCUT2D eigenvalue weighted by molar-refractivity contribution is -0.283. The minimum Gasteiger partial charge on any atom is -0.493 e. The Morgan fingerprint density at radius 3 is 1.83 bits per heavy atom. The van der Waals surface area contributed by atoms with Crippen LogP contribution in [0.1, 0.15) is 48.7 Å². The number of hydrogen-bond acceptors (Lipinski definition) is 12. The second-order valence-corrected chi connectivity index (χ2v) is 12.6. The summed E-state index contributed by atoms with van der Waals surface area (Å²) < 4.78 is 71.1. The van der Waals surface area contributed by atoms with Crippen LogP contribution in [-0.2, 0) is 18.9 Å². The van der Waals surface area contributed by atoms with Gasteiger partial charge in [-0.25, -0.2) is 0 Å². The van der Waals surface area contributed by atoms with Crippen molar-refractivity contribution in [1.82, 2.24) is 0 Å². The second-order valence-electron chi connectivity index (χ2n) is 12.6. The van der Waals surface area contributed by atoms with Crippen LogP contribution < -0.4 is 37.9 Å². The highest BCUT2D eigenvalue weighted by Gasteiger charge is 2.39. The maximum absolute atomic E-state index is 6.62. The molecule has 0 amide bonds. The summed E-state index contributed by atoms with van der Waals surface area (Å²) in [6, 6.07) is 24.6. The van der Waals surface area contributed by atoms with Gasteiger partial charge in [-0.3, -0.25) is 0 Å². The Balaban J connectivity index is 1.48. The fraction of sp³-hybridized carbons (Fsp3) is 0.415. The van der Waals surface area contributed by atoms with E-state index in [2.05, 4.69) is 0 Å². The fourth-order valence-electron chi connectivity index (χ4n) is 6.26. The molecule has 12 nitrogen and oxygen atoms in total. The lowest BCUT2D eigenvalue weighted by Crippen LogP contribution is -2.40. The normalized spacial score (nSPS) is 17.6. The van der Waals surface area contributed by atoms with Crippen LogP contribution in [0.15, 0.2) is 78.9 Å². The van der Waals surface area contributed by atoms with Crippen LogP contribution in [0.4, 0.5) is 0 Å². The third-order valence-electron chi connectivity index (χ3n) is 8.93. The Labute approximate surface area is 311 Å². The Morgan fingerprint density at radius 2 is 1.17 bits per heavy atom. The van der Waals surface area contributed by atoms with E-state index in [0.29, 0.717) is 52.6 Å². The molecular weight excluding hydrogens is 684 g/mol.